The Morgan fingerprint density at radius 3 is 2.16 bits per heavy atom. The van der Waals surface area contributed by atoms with Crippen LogP contribution in [0.25, 0.3) is 0 Å². The summed E-state index contributed by atoms with van der Waals surface area (Å²) < 4.78 is 0. The molecule has 0 radical (unpaired) electrons. The van der Waals surface area contributed by atoms with Crippen LogP contribution in [0.3, 0.4) is 0 Å². The van der Waals surface area contributed by atoms with Crippen molar-refractivity contribution >= 4 is 12.0 Å². The lowest BCUT2D eigenvalue weighted by Gasteiger charge is -2.29. The Hall–Kier alpha value is -1.30. The summed E-state index contributed by atoms with van der Waals surface area (Å²) in [4.78, 5) is 25.1. The number of hydrogen-bond acceptors (Lipinski definition) is 3. The molecule has 0 saturated heterocycles. The number of carboxylic acid groups (broad SMARTS) is 1. The molecule has 0 aliphatic heterocycles. The van der Waals surface area contributed by atoms with Crippen molar-refractivity contribution in [2.24, 2.45) is 0 Å². The first kappa shape index (κ1) is 17.7. The van der Waals surface area contributed by atoms with Crippen LogP contribution in [0, 0.1) is 0 Å². The van der Waals surface area contributed by atoms with Crippen LogP contribution in [0.15, 0.2) is 0 Å². The number of carbonyl (C=O) groups excluding carboxylic acids is 1. The second-order valence-electron chi connectivity index (χ2n) is 5.19. The van der Waals surface area contributed by atoms with Gasteiger partial charge < -0.3 is 20.6 Å². The molecule has 0 rings (SSSR count). The van der Waals surface area contributed by atoms with E-state index in [2.05, 4.69) is 10.6 Å². The summed E-state index contributed by atoms with van der Waals surface area (Å²) in [5.41, 5.74) is -1.18. The summed E-state index contributed by atoms with van der Waals surface area (Å²) >= 11 is 0. The van der Waals surface area contributed by atoms with E-state index < -0.39 is 17.5 Å². The zero-order valence-corrected chi connectivity index (χ0v) is 12.6. The standard InChI is InChI=1S/C13H27N3O3/c1-6-13(7-2,11(17)18)15-12(19)14-10(3)8-9-16(4)5/h10H,6-9H2,1-5H3,(H,17,18)(H2,14,15,19). The number of urea groups is 1. The quantitative estimate of drug-likeness (QED) is 0.622. The predicted octanol–water partition coefficient (Wildman–Crippen LogP) is 1.27. The van der Waals surface area contributed by atoms with E-state index in [1.807, 2.05) is 25.9 Å². The molecule has 0 aromatic heterocycles. The molecule has 0 saturated carbocycles. The summed E-state index contributed by atoms with van der Waals surface area (Å²) in [6, 6.07) is -0.417. The summed E-state index contributed by atoms with van der Waals surface area (Å²) in [6.45, 7) is 6.29. The third kappa shape index (κ3) is 5.92. The highest BCUT2D eigenvalue weighted by molar-refractivity contribution is 5.86. The van der Waals surface area contributed by atoms with Crippen LogP contribution in [0.2, 0.25) is 0 Å². The molecule has 3 N–H and O–H groups in total. The Bertz CT molecular complexity index is 302. The number of carbonyl (C=O) groups is 2. The molecule has 6 heteroatoms. The Kier molecular flexibility index (Phi) is 7.44. The van der Waals surface area contributed by atoms with Crippen LogP contribution >= 0.6 is 0 Å². The molecule has 1 atom stereocenters. The summed E-state index contributed by atoms with van der Waals surface area (Å²) in [5.74, 6) is -0.992. The largest absolute Gasteiger partial charge is 0.480 e. The van der Waals surface area contributed by atoms with Crippen molar-refractivity contribution in [3.05, 3.63) is 0 Å². The highest BCUT2D eigenvalue weighted by Gasteiger charge is 2.36. The van der Waals surface area contributed by atoms with Crippen LogP contribution < -0.4 is 10.6 Å². The molecule has 0 aliphatic carbocycles. The van der Waals surface area contributed by atoms with Gasteiger partial charge in [0.1, 0.15) is 5.54 Å². The predicted molar refractivity (Wildman–Crippen MR) is 75.2 cm³/mol. The maximum absolute atomic E-state index is 11.8. The SMILES string of the molecule is CCC(CC)(NC(=O)NC(C)CCN(C)C)C(=O)O. The normalized spacial score (nSPS) is 13.2. The zero-order valence-electron chi connectivity index (χ0n) is 12.6. The third-order valence-corrected chi connectivity index (χ3v) is 3.36. The van der Waals surface area contributed by atoms with Gasteiger partial charge in [-0.2, -0.15) is 0 Å². The van der Waals surface area contributed by atoms with Crippen molar-refractivity contribution in [2.45, 2.75) is 51.6 Å². The first-order valence-corrected chi connectivity index (χ1v) is 6.74. The second-order valence-corrected chi connectivity index (χ2v) is 5.19. The zero-order chi connectivity index (χ0) is 15.1. The van der Waals surface area contributed by atoms with Crippen molar-refractivity contribution in [3.63, 3.8) is 0 Å². The van der Waals surface area contributed by atoms with Gasteiger partial charge in [-0.15, -0.1) is 0 Å². The minimum atomic E-state index is -1.18. The summed E-state index contributed by atoms with van der Waals surface area (Å²) in [5, 5.41) is 14.6. The van der Waals surface area contributed by atoms with Gasteiger partial charge in [0.2, 0.25) is 0 Å². The maximum atomic E-state index is 11.8. The Morgan fingerprint density at radius 2 is 1.79 bits per heavy atom. The minimum absolute atomic E-state index is 0.00241. The lowest BCUT2D eigenvalue weighted by atomic mass is 9.93. The molecular weight excluding hydrogens is 246 g/mol. The third-order valence-electron chi connectivity index (χ3n) is 3.36. The van der Waals surface area contributed by atoms with Crippen molar-refractivity contribution in [3.8, 4) is 0 Å². The molecule has 0 bridgehead atoms. The average Bonchev–Trinajstić information content (AvgIpc) is 2.33. The molecule has 1 unspecified atom stereocenters. The van der Waals surface area contributed by atoms with E-state index in [1.54, 1.807) is 13.8 Å². The molecule has 0 aliphatic rings. The lowest BCUT2D eigenvalue weighted by molar-refractivity contribution is -0.144. The van der Waals surface area contributed by atoms with Crippen LogP contribution in [-0.4, -0.2) is 54.2 Å². The van der Waals surface area contributed by atoms with Crippen molar-refractivity contribution < 1.29 is 14.7 Å². The minimum Gasteiger partial charge on any atom is -0.480 e. The number of nitrogens with zero attached hydrogens (tertiary/aromatic N) is 1. The molecule has 112 valence electrons. The molecule has 0 spiro atoms. The monoisotopic (exact) mass is 273 g/mol. The highest BCUT2D eigenvalue weighted by atomic mass is 16.4. The maximum Gasteiger partial charge on any atom is 0.329 e. The molecular formula is C13H27N3O3. The van der Waals surface area contributed by atoms with E-state index in [4.69, 9.17) is 0 Å². The molecule has 19 heavy (non-hydrogen) atoms. The van der Waals surface area contributed by atoms with Crippen LogP contribution in [0.5, 0.6) is 0 Å². The van der Waals surface area contributed by atoms with E-state index in [9.17, 15) is 14.7 Å². The number of nitrogens with one attached hydrogen (secondary N) is 2. The fourth-order valence-electron chi connectivity index (χ4n) is 1.78. The topological polar surface area (TPSA) is 81.7 Å². The number of hydrogen-bond donors (Lipinski definition) is 3. The van der Waals surface area contributed by atoms with E-state index in [1.165, 1.54) is 0 Å². The Labute approximate surface area is 115 Å². The molecule has 0 fully saturated rings. The van der Waals surface area contributed by atoms with Crippen molar-refractivity contribution in [1.82, 2.24) is 15.5 Å². The summed E-state index contributed by atoms with van der Waals surface area (Å²) in [6.07, 6.45) is 1.54. The number of carboxylic acids is 1. The first-order chi connectivity index (χ1) is 8.77. The van der Waals surface area contributed by atoms with E-state index in [0.717, 1.165) is 13.0 Å². The molecule has 0 heterocycles. The molecule has 0 aromatic carbocycles. The van der Waals surface area contributed by atoms with Gasteiger partial charge in [-0.1, -0.05) is 13.8 Å². The number of aliphatic carboxylic acids is 1. The van der Waals surface area contributed by atoms with Gasteiger partial charge in [-0.05, 0) is 46.8 Å². The first-order valence-electron chi connectivity index (χ1n) is 6.74. The number of rotatable bonds is 8. The van der Waals surface area contributed by atoms with Crippen molar-refractivity contribution in [1.29, 1.82) is 0 Å². The van der Waals surface area contributed by atoms with Crippen LogP contribution in [0.1, 0.15) is 40.0 Å². The summed E-state index contributed by atoms with van der Waals surface area (Å²) in [7, 11) is 3.94. The van der Waals surface area contributed by atoms with Gasteiger partial charge >= 0.3 is 12.0 Å². The van der Waals surface area contributed by atoms with Crippen LogP contribution in [0.4, 0.5) is 4.79 Å². The van der Waals surface area contributed by atoms with Gasteiger partial charge in [0.25, 0.3) is 0 Å². The van der Waals surface area contributed by atoms with E-state index in [-0.39, 0.29) is 6.04 Å². The molecule has 0 aromatic rings. The fraction of sp³-hybridized carbons (Fsp3) is 0.846. The van der Waals surface area contributed by atoms with Gasteiger partial charge in [-0.3, -0.25) is 0 Å². The highest BCUT2D eigenvalue weighted by Crippen LogP contribution is 2.15. The van der Waals surface area contributed by atoms with Crippen molar-refractivity contribution in [2.75, 3.05) is 20.6 Å². The van der Waals surface area contributed by atoms with Gasteiger partial charge in [-0.25, -0.2) is 9.59 Å². The smallest absolute Gasteiger partial charge is 0.329 e. The fourth-order valence-corrected chi connectivity index (χ4v) is 1.78. The Morgan fingerprint density at radius 1 is 1.26 bits per heavy atom. The van der Waals surface area contributed by atoms with Gasteiger partial charge in [0, 0.05) is 6.04 Å². The molecule has 6 nitrogen and oxygen atoms in total. The van der Waals surface area contributed by atoms with Gasteiger partial charge in [0.05, 0.1) is 0 Å². The van der Waals surface area contributed by atoms with Crippen LogP contribution in [-0.2, 0) is 4.79 Å². The second kappa shape index (κ2) is 7.99. The lowest BCUT2D eigenvalue weighted by Crippen LogP contribution is -2.57. The number of amides is 2. The molecule has 2 amide bonds. The van der Waals surface area contributed by atoms with E-state index >= 15 is 0 Å². The average molecular weight is 273 g/mol. The van der Waals surface area contributed by atoms with E-state index in [0.29, 0.717) is 12.8 Å². The van der Waals surface area contributed by atoms with Gasteiger partial charge in [0.15, 0.2) is 0 Å². The Balaban J connectivity index is 4.39.